The van der Waals surface area contributed by atoms with E-state index >= 15 is 0 Å². The minimum atomic E-state index is 0.0494. The summed E-state index contributed by atoms with van der Waals surface area (Å²) in [7, 11) is 0. The number of carbonyl (C=O) groups excluding carboxylic acids is 1. The molecule has 2 rings (SSSR count). The second kappa shape index (κ2) is 7.22. The summed E-state index contributed by atoms with van der Waals surface area (Å²) in [5.41, 5.74) is 0.725. The average molecular weight is 286 g/mol. The van der Waals surface area contributed by atoms with Gasteiger partial charge in [-0.15, -0.1) is 11.8 Å². The molecule has 0 unspecified atom stereocenters. The number of allylic oxidation sites excluding steroid dienone is 1. The molecule has 0 saturated carbocycles. The zero-order chi connectivity index (χ0) is 13.5. The molecule has 0 radical (unpaired) electrons. The van der Waals surface area contributed by atoms with Gasteiger partial charge >= 0.3 is 0 Å². The summed E-state index contributed by atoms with van der Waals surface area (Å²) in [5.74, 6) is 0.0494. The summed E-state index contributed by atoms with van der Waals surface area (Å²) in [6, 6.07) is 19.4. The quantitative estimate of drug-likeness (QED) is 0.443. The van der Waals surface area contributed by atoms with Crippen LogP contribution < -0.4 is 0 Å². The van der Waals surface area contributed by atoms with Gasteiger partial charge in [-0.1, -0.05) is 60.3 Å². The summed E-state index contributed by atoms with van der Waals surface area (Å²) in [4.78, 5) is 13.2. The number of carbonyl (C=O) groups is 1. The fourth-order valence-corrected chi connectivity index (χ4v) is 3.07. The molecule has 0 N–H and O–H groups in total. The predicted molar refractivity (Wildman–Crippen MR) is 84.7 cm³/mol. The van der Waals surface area contributed by atoms with Crippen molar-refractivity contribution in [2.45, 2.75) is 4.90 Å². The lowest BCUT2D eigenvalue weighted by Crippen LogP contribution is -1.94. The van der Waals surface area contributed by atoms with Crippen molar-refractivity contribution in [3.63, 3.8) is 0 Å². The lowest BCUT2D eigenvalue weighted by molar-refractivity contribution is 0.104. The van der Waals surface area contributed by atoms with Crippen LogP contribution in [0, 0.1) is 0 Å². The summed E-state index contributed by atoms with van der Waals surface area (Å²) in [5, 5.41) is 0. The van der Waals surface area contributed by atoms with Crippen LogP contribution in [-0.2, 0) is 0 Å². The third-order valence-corrected chi connectivity index (χ3v) is 4.57. The van der Waals surface area contributed by atoms with Gasteiger partial charge in [-0.3, -0.25) is 4.79 Å². The Bertz CT molecular complexity index is 562. The normalized spacial score (nSPS) is 11.3. The lowest BCUT2D eigenvalue weighted by atomic mass is 10.1. The number of hydrogen-bond acceptors (Lipinski definition) is 3. The van der Waals surface area contributed by atoms with Gasteiger partial charge in [0.25, 0.3) is 0 Å². The first-order valence-corrected chi connectivity index (χ1v) is 7.91. The van der Waals surface area contributed by atoms with Gasteiger partial charge in [0.15, 0.2) is 5.78 Å². The molecule has 0 amide bonds. The minimum Gasteiger partial charge on any atom is -0.289 e. The highest BCUT2D eigenvalue weighted by atomic mass is 32.2. The Morgan fingerprint density at radius 3 is 2.11 bits per heavy atom. The van der Waals surface area contributed by atoms with Crippen LogP contribution in [0.25, 0.3) is 0 Å². The van der Waals surface area contributed by atoms with Gasteiger partial charge < -0.3 is 0 Å². The van der Waals surface area contributed by atoms with E-state index in [9.17, 15) is 4.79 Å². The maximum Gasteiger partial charge on any atom is 0.187 e. The van der Waals surface area contributed by atoms with E-state index < -0.39 is 0 Å². The van der Waals surface area contributed by atoms with Gasteiger partial charge in [0.2, 0.25) is 0 Å². The predicted octanol–water partition coefficient (Wildman–Crippen LogP) is 4.87. The molecule has 19 heavy (non-hydrogen) atoms. The van der Waals surface area contributed by atoms with E-state index in [0.29, 0.717) is 0 Å². The first-order chi connectivity index (χ1) is 9.29. The molecular formula is C16H14OS2. The van der Waals surface area contributed by atoms with Crippen molar-refractivity contribution in [1.82, 2.24) is 0 Å². The Morgan fingerprint density at radius 2 is 1.53 bits per heavy atom. The molecule has 0 aliphatic carbocycles. The molecule has 0 atom stereocenters. The first-order valence-electron chi connectivity index (χ1n) is 5.87. The SMILES string of the molecule is CS/C(=C\C(=O)c1ccccc1)Sc1ccccc1. The molecule has 2 aromatic carbocycles. The fourth-order valence-electron chi connectivity index (χ4n) is 1.53. The lowest BCUT2D eigenvalue weighted by Gasteiger charge is -2.03. The number of rotatable bonds is 5. The third-order valence-electron chi connectivity index (χ3n) is 2.47. The highest BCUT2D eigenvalue weighted by molar-refractivity contribution is 8.22. The van der Waals surface area contributed by atoms with E-state index in [-0.39, 0.29) is 5.78 Å². The summed E-state index contributed by atoms with van der Waals surface area (Å²) >= 11 is 3.21. The summed E-state index contributed by atoms with van der Waals surface area (Å²) < 4.78 is 1.00. The van der Waals surface area contributed by atoms with Gasteiger partial charge in [-0.05, 0) is 18.4 Å². The van der Waals surface area contributed by atoms with Crippen molar-refractivity contribution >= 4 is 29.3 Å². The molecule has 0 aromatic heterocycles. The second-order valence-corrected chi connectivity index (χ2v) is 6.03. The van der Waals surface area contributed by atoms with Gasteiger partial charge in [-0.25, -0.2) is 0 Å². The highest BCUT2D eigenvalue weighted by Gasteiger charge is 2.05. The van der Waals surface area contributed by atoms with Crippen LogP contribution in [0.15, 0.2) is 75.9 Å². The maximum absolute atomic E-state index is 12.1. The van der Waals surface area contributed by atoms with Crippen LogP contribution in [-0.4, -0.2) is 12.0 Å². The Morgan fingerprint density at radius 1 is 0.947 bits per heavy atom. The topological polar surface area (TPSA) is 17.1 Å². The largest absolute Gasteiger partial charge is 0.289 e. The van der Waals surface area contributed by atoms with Gasteiger partial charge in [0.05, 0.1) is 0 Å². The Labute approximate surface area is 122 Å². The third kappa shape index (κ3) is 4.30. The van der Waals surface area contributed by atoms with Crippen molar-refractivity contribution < 1.29 is 4.79 Å². The second-order valence-electron chi connectivity index (χ2n) is 3.81. The summed E-state index contributed by atoms with van der Waals surface area (Å²) in [6.07, 6.45) is 3.69. The molecule has 0 aliphatic heterocycles. The average Bonchev–Trinajstić information content (AvgIpc) is 2.48. The molecule has 0 heterocycles. The van der Waals surface area contributed by atoms with Crippen LogP contribution >= 0.6 is 23.5 Å². The number of hydrogen-bond donors (Lipinski definition) is 0. The molecular weight excluding hydrogens is 272 g/mol. The van der Waals surface area contributed by atoms with Crippen LogP contribution in [0.4, 0.5) is 0 Å². The van der Waals surface area contributed by atoms with E-state index in [4.69, 9.17) is 0 Å². The monoisotopic (exact) mass is 286 g/mol. The maximum atomic E-state index is 12.1. The number of benzene rings is 2. The molecule has 96 valence electrons. The van der Waals surface area contributed by atoms with Crippen molar-refractivity contribution in [1.29, 1.82) is 0 Å². The van der Waals surface area contributed by atoms with Crippen molar-refractivity contribution in [2.75, 3.05) is 6.26 Å². The Kier molecular flexibility index (Phi) is 5.31. The molecule has 2 aromatic rings. The standard InChI is InChI=1S/C16H14OS2/c1-18-16(19-14-10-6-3-7-11-14)12-15(17)13-8-4-2-5-9-13/h2-12H,1H3/b16-12+. The van der Waals surface area contributed by atoms with Crippen molar-refractivity contribution in [2.24, 2.45) is 0 Å². The Balaban J connectivity index is 2.13. The number of ketones is 1. The molecule has 0 aliphatic rings. The minimum absolute atomic E-state index is 0.0494. The van der Waals surface area contributed by atoms with Gasteiger partial charge in [0, 0.05) is 20.8 Å². The molecule has 0 saturated heterocycles. The van der Waals surface area contributed by atoms with Gasteiger partial charge in [0.1, 0.15) is 0 Å². The zero-order valence-corrected chi connectivity index (χ0v) is 12.2. The van der Waals surface area contributed by atoms with E-state index in [0.717, 1.165) is 14.7 Å². The van der Waals surface area contributed by atoms with Crippen LogP contribution in [0.5, 0.6) is 0 Å². The van der Waals surface area contributed by atoms with Crippen LogP contribution in [0.1, 0.15) is 10.4 Å². The number of thioether (sulfide) groups is 2. The molecule has 0 fully saturated rings. The van der Waals surface area contributed by atoms with Crippen molar-refractivity contribution in [3.05, 3.63) is 76.5 Å². The first kappa shape index (κ1) is 14.0. The van der Waals surface area contributed by atoms with E-state index in [1.807, 2.05) is 66.9 Å². The highest BCUT2D eigenvalue weighted by Crippen LogP contribution is 2.33. The van der Waals surface area contributed by atoms with Crippen LogP contribution in [0.3, 0.4) is 0 Å². The molecule has 3 heteroatoms. The smallest absolute Gasteiger partial charge is 0.187 e. The Hall–Kier alpha value is -1.45. The van der Waals surface area contributed by atoms with E-state index in [1.54, 1.807) is 29.6 Å². The van der Waals surface area contributed by atoms with E-state index in [1.165, 1.54) is 0 Å². The van der Waals surface area contributed by atoms with Gasteiger partial charge in [-0.2, -0.15) is 0 Å². The molecule has 0 bridgehead atoms. The van der Waals surface area contributed by atoms with E-state index in [2.05, 4.69) is 0 Å². The van der Waals surface area contributed by atoms with Crippen LogP contribution in [0.2, 0.25) is 0 Å². The zero-order valence-electron chi connectivity index (χ0n) is 10.6. The van der Waals surface area contributed by atoms with Crippen molar-refractivity contribution in [3.8, 4) is 0 Å². The molecule has 1 nitrogen and oxygen atoms in total. The fraction of sp³-hybridized carbons (Fsp3) is 0.0625. The molecule has 0 spiro atoms. The summed E-state index contributed by atoms with van der Waals surface area (Å²) in [6.45, 7) is 0.